The summed E-state index contributed by atoms with van der Waals surface area (Å²) in [5, 5.41) is 8.01. The van der Waals surface area contributed by atoms with Gasteiger partial charge in [-0.05, 0) is 85.9 Å². The molecule has 1 N–H and O–H groups in total. The zero-order valence-electron chi connectivity index (χ0n) is 28.4. The van der Waals surface area contributed by atoms with Crippen LogP contribution in [0.2, 0.25) is 0 Å². The van der Waals surface area contributed by atoms with Crippen LogP contribution in [0, 0.1) is 12.8 Å². The standard InChI is InChI=1S/C39H45N5O5/c1-28-23-32(38(46)44-25-33-24-41-42(2)35(33)13-8-20-40-34-11-6-7-12-36(34)44)15-14-31(28)16-17-37(45)48-26-30-18-21-43(22-19-30)39(47)49-27-29-9-4-3-5-10-29/h3-7,9-12,14-15,23-24,30,40H,8,13,16-22,25-27H2,1-2H3. The highest BCUT2D eigenvalue weighted by molar-refractivity contribution is 6.07. The van der Waals surface area contributed by atoms with E-state index in [1.54, 1.807) is 4.90 Å². The van der Waals surface area contributed by atoms with Crippen LogP contribution in [0.25, 0.3) is 0 Å². The van der Waals surface area contributed by atoms with Gasteiger partial charge in [-0.1, -0.05) is 48.5 Å². The first-order valence-corrected chi connectivity index (χ1v) is 17.2. The first-order valence-electron chi connectivity index (χ1n) is 17.2. The number of para-hydroxylation sites is 2. The van der Waals surface area contributed by atoms with Crippen molar-refractivity contribution in [2.24, 2.45) is 13.0 Å². The van der Waals surface area contributed by atoms with Gasteiger partial charge in [0.1, 0.15) is 6.61 Å². The van der Waals surface area contributed by atoms with Gasteiger partial charge in [0, 0.05) is 49.9 Å². The first-order chi connectivity index (χ1) is 23.9. The van der Waals surface area contributed by atoms with Gasteiger partial charge >= 0.3 is 12.1 Å². The van der Waals surface area contributed by atoms with E-state index in [-0.39, 0.29) is 36.9 Å². The molecule has 1 fully saturated rings. The lowest BCUT2D eigenvalue weighted by molar-refractivity contribution is -0.145. The number of amides is 2. The Morgan fingerprint density at radius 3 is 2.53 bits per heavy atom. The van der Waals surface area contributed by atoms with E-state index in [4.69, 9.17) is 9.47 Å². The van der Waals surface area contributed by atoms with Crippen molar-refractivity contribution in [3.8, 4) is 0 Å². The van der Waals surface area contributed by atoms with Crippen LogP contribution in [0.15, 0.2) is 79.0 Å². The number of nitrogens with one attached hydrogen (secondary N) is 1. The van der Waals surface area contributed by atoms with Gasteiger partial charge in [0.15, 0.2) is 0 Å². The number of anilines is 2. The molecule has 256 valence electrons. The molecule has 49 heavy (non-hydrogen) atoms. The third kappa shape index (κ3) is 8.49. The Morgan fingerprint density at radius 2 is 1.73 bits per heavy atom. The topological polar surface area (TPSA) is 106 Å². The molecular weight excluding hydrogens is 618 g/mol. The van der Waals surface area contributed by atoms with Crippen molar-refractivity contribution in [2.75, 3.05) is 36.5 Å². The number of fused-ring (bicyclic) bond motifs is 2. The number of piperidine rings is 1. The van der Waals surface area contributed by atoms with Gasteiger partial charge in [0.25, 0.3) is 5.91 Å². The Balaban J connectivity index is 1.00. The molecule has 10 heteroatoms. The third-order valence-corrected chi connectivity index (χ3v) is 9.57. The van der Waals surface area contributed by atoms with Crippen LogP contribution in [0.4, 0.5) is 16.2 Å². The van der Waals surface area contributed by atoms with Gasteiger partial charge in [0.2, 0.25) is 0 Å². The lowest BCUT2D eigenvalue weighted by Gasteiger charge is -2.31. The van der Waals surface area contributed by atoms with Gasteiger partial charge in [-0.2, -0.15) is 5.10 Å². The maximum atomic E-state index is 14.1. The summed E-state index contributed by atoms with van der Waals surface area (Å²) in [7, 11) is 1.95. The second-order valence-corrected chi connectivity index (χ2v) is 13.0. The zero-order chi connectivity index (χ0) is 34.2. The van der Waals surface area contributed by atoms with E-state index in [0.29, 0.717) is 38.2 Å². The van der Waals surface area contributed by atoms with Crippen LogP contribution >= 0.6 is 0 Å². The monoisotopic (exact) mass is 663 g/mol. The summed E-state index contributed by atoms with van der Waals surface area (Å²) in [6.45, 7) is 4.98. The molecule has 1 aromatic heterocycles. The molecule has 6 rings (SSSR count). The van der Waals surface area contributed by atoms with E-state index in [0.717, 1.165) is 71.6 Å². The molecule has 4 aromatic rings. The number of ether oxygens (including phenoxy) is 2. The van der Waals surface area contributed by atoms with Crippen LogP contribution in [0.1, 0.15) is 64.0 Å². The molecule has 0 bridgehead atoms. The summed E-state index contributed by atoms with van der Waals surface area (Å²) in [5.41, 5.74) is 7.47. The lowest BCUT2D eigenvalue weighted by atomic mass is 9.98. The second kappa shape index (κ2) is 15.9. The average Bonchev–Trinajstić information content (AvgIpc) is 3.48. The Hall–Kier alpha value is -5.12. The SMILES string of the molecule is Cc1cc(C(=O)N2Cc3cnn(C)c3CCCNc3ccccc32)ccc1CCC(=O)OCC1CCN(C(=O)OCc2ccccc2)CC1. The van der Waals surface area contributed by atoms with Crippen LogP contribution in [0.3, 0.4) is 0 Å². The number of hydrogen-bond acceptors (Lipinski definition) is 7. The fraction of sp³-hybridized carbons (Fsp3) is 0.385. The first kappa shape index (κ1) is 33.8. The fourth-order valence-electron chi connectivity index (χ4n) is 6.61. The van der Waals surface area contributed by atoms with Gasteiger partial charge < -0.3 is 24.6 Å². The maximum absolute atomic E-state index is 14.1. The number of esters is 1. The predicted octanol–water partition coefficient (Wildman–Crippen LogP) is 6.46. The summed E-state index contributed by atoms with van der Waals surface area (Å²) >= 11 is 0. The molecule has 2 aliphatic rings. The highest BCUT2D eigenvalue weighted by Gasteiger charge is 2.26. The van der Waals surface area contributed by atoms with Crippen LogP contribution in [-0.4, -0.2) is 58.9 Å². The van der Waals surface area contributed by atoms with E-state index < -0.39 is 0 Å². The molecule has 2 amide bonds. The summed E-state index contributed by atoms with van der Waals surface area (Å²) in [5.74, 6) is -0.114. The van der Waals surface area contributed by atoms with Crippen LogP contribution in [-0.2, 0) is 47.3 Å². The number of nitrogens with zero attached hydrogens (tertiary/aromatic N) is 4. The van der Waals surface area contributed by atoms with E-state index in [9.17, 15) is 14.4 Å². The van der Waals surface area contributed by atoms with E-state index in [1.165, 1.54) is 0 Å². The van der Waals surface area contributed by atoms with E-state index in [1.807, 2.05) is 103 Å². The molecule has 3 aromatic carbocycles. The van der Waals surface area contributed by atoms with E-state index >= 15 is 0 Å². The number of rotatable bonds is 8. The molecule has 0 aliphatic carbocycles. The predicted molar refractivity (Wildman–Crippen MR) is 188 cm³/mol. The molecule has 0 atom stereocenters. The fourth-order valence-corrected chi connectivity index (χ4v) is 6.61. The number of carbonyl (C=O) groups excluding carboxylic acids is 3. The quantitative estimate of drug-likeness (QED) is 0.216. The smallest absolute Gasteiger partial charge is 0.410 e. The summed E-state index contributed by atoms with van der Waals surface area (Å²) < 4.78 is 13.0. The van der Waals surface area contributed by atoms with Crippen LogP contribution < -0.4 is 10.2 Å². The number of hydrogen-bond donors (Lipinski definition) is 1. The number of carbonyl (C=O) groups is 3. The number of aryl methyl sites for hydroxylation is 3. The van der Waals surface area contributed by atoms with Crippen molar-refractivity contribution in [3.63, 3.8) is 0 Å². The molecule has 0 radical (unpaired) electrons. The number of aromatic nitrogens is 2. The maximum Gasteiger partial charge on any atom is 0.410 e. The Labute approximate surface area is 288 Å². The molecular formula is C39H45N5O5. The Bertz CT molecular complexity index is 1760. The van der Waals surface area contributed by atoms with Crippen molar-refractivity contribution in [1.29, 1.82) is 0 Å². The molecule has 10 nitrogen and oxygen atoms in total. The molecule has 1 saturated heterocycles. The molecule has 2 aliphatic heterocycles. The Kier molecular flexibility index (Phi) is 10.9. The summed E-state index contributed by atoms with van der Waals surface area (Å²) in [6.07, 6.45) is 5.73. The minimum atomic E-state index is -0.306. The van der Waals surface area contributed by atoms with Crippen molar-refractivity contribution in [2.45, 2.75) is 58.6 Å². The molecule has 3 heterocycles. The molecule has 0 unspecified atom stereocenters. The van der Waals surface area contributed by atoms with Crippen LogP contribution in [0.5, 0.6) is 0 Å². The minimum Gasteiger partial charge on any atom is -0.465 e. The zero-order valence-corrected chi connectivity index (χ0v) is 28.4. The minimum absolute atomic E-state index is 0.0887. The highest BCUT2D eigenvalue weighted by Crippen LogP contribution is 2.31. The van der Waals surface area contributed by atoms with E-state index in [2.05, 4.69) is 10.4 Å². The highest BCUT2D eigenvalue weighted by atomic mass is 16.6. The van der Waals surface area contributed by atoms with Crippen molar-refractivity contribution in [1.82, 2.24) is 14.7 Å². The van der Waals surface area contributed by atoms with Crippen molar-refractivity contribution < 1.29 is 23.9 Å². The molecule has 0 saturated carbocycles. The van der Waals surface area contributed by atoms with Gasteiger partial charge in [-0.3, -0.25) is 14.3 Å². The van der Waals surface area contributed by atoms with Crippen molar-refractivity contribution >= 4 is 29.3 Å². The number of likely N-dealkylation sites (tertiary alicyclic amines) is 1. The summed E-state index contributed by atoms with van der Waals surface area (Å²) in [6, 6.07) is 23.3. The lowest BCUT2D eigenvalue weighted by Crippen LogP contribution is -2.39. The number of benzene rings is 3. The van der Waals surface area contributed by atoms with Gasteiger partial charge in [0.05, 0.1) is 30.7 Å². The average molecular weight is 664 g/mol. The second-order valence-electron chi connectivity index (χ2n) is 13.0. The van der Waals surface area contributed by atoms with Crippen molar-refractivity contribution in [3.05, 3.63) is 113 Å². The third-order valence-electron chi connectivity index (χ3n) is 9.57. The van der Waals surface area contributed by atoms with Gasteiger partial charge in [-0.25, -0.2) is 4.79 Å². The molecule has 0 spiro atoms. The van der Waals surface area contributed by atoms with Gasteiger partial charge in [-0.15, -0.1) is 0 Å². The normalized spacial score (nSPS) is 15.1. The Morgan fingerprint density at radius 1 is 0.959 bits per heavy atom. The summed E-state index contributed by atoms with van der Waals surface area (Å²) in [4.78, 5) is 42.8. The largest absolute Gasteiger partial charge is 0.465 e.